The molecule has 2 aromatic rings. The number of hydrogen-bond donors (Lipinski definition) is 2. The van der Waals surface area contributed by atoms with E-state index >= 15 is 0 Å². The van der Waals surface area contributed by atoms with Crippen LogP contribution < -0.4 is 5.84 Å². The van der Waals surface area contributed by atoms with Crippen LogP contribution >= 0.6 is 0 Å². The van der Waals surface area contributed by atoms with Crippen molar-refractivity contribution in [3.63, 3.8) is 0 Å². The van der Waals surface area contributed by atoms with Gasteiger partial charge in [0.15, 0.2) is 0 Å². The van der Waals surface area contributed by atoms with Gasteiger partial charge in [-0.15, -0.1) is 0 Å². The molecule has 2 rings (SSSR count). The van der Waals surface area contributed by atoms with E-state index in [2.05, 4.69) is 16.4 Å². The number of rotatable bonds is 4. The molecule has 1 aromatic heterocycles. The SMILES string of the molecule is C=C/C(=N\C(=N)N(N)OC(C)=O)c1cccn1-c1ccccc1[N+](=O)[O-]. The minimum Gasteiger partial charge on any atom is -0.323 e. The number of nitro groups is 1. The Morgan fingerprint density at radius 3 is 2.73 bits per heavy atom. The summed E-state index contributed by atoms with van der Waals surface area (Å²) in [4.78, 5) is 30.2. The third-order valence-corrected chi connectivity index (χ3v) is 3.20. The maximum absolute atomic E-state index is 11.3. The number of aliphatic imine (C=N–C) groups is 1. The zero-order valence-corrected chi connectivity index (χ0v) is 13.8. The summed E-state index contributed by atoms with van der Waals surface area (Å²) < 4.78 is 1.54. The molecule has 26 heavy (non-hydrogen) atoms. The number of nitrogens with zero attached hydrogens (tertiary/aromatic N) is 4. The van der Waals surface area contributed by atoms with Gasteiger partial charge in [-0.1, -0.05) is 23.9 Å². The lowest BCUT2D eigenvalue weighted by atomic mass is 10.2. The van der Waals surface area contributed by atoms with Gasteiger partial charge in [-0.05, 0) is 24.3 Å². The van der Waals surface area contributed by atoms with Crippen LogP contribution in [0.15, 0.2) is 60.2 Å². The molecular formula is C16H16N6O4. The molecule has 3 N–H and O–H groups in total. The normalized spacial score (nSPS) is 10.9. The quantitative estimate of drug-likeness (QED) is 0.282. The summed E-state index contributed by atoms with van der Waals surface area (Å²) >= 11 is 0. The highest BCUT2D eigenvalue weighted by molar-refractivity contribution is 6.12. The number of hydrazine groups is 1. The van der Waals surface area contributed by atoms with Crippen molar-refractivity contribution < 1.29 is 14.6 Å². The zero-order chi connectivity index (χ0) is 19.3. The first-order valence-corrected chi connectivity index (χ1v) is 7.29. The smallest absolute Gasteiger partial charge is 0.323 e. The fourth-order valence-corrected chi connectivity index (χ4v) is 2.17. The zero-order valence-electron chi connectivity index (χ0n) is 13.8. The maximum atomic E-state index is 11.3. The summed E-state index contributed by atoms with van der Waals surface area (Å²) in [5.41, 5.74) is 0.878. The average molecular weight is 356 g/mol. The second-order valence-corrected chi connectivity index (χ2v) is 4.94. The highest BCUT2D eigenvalue weighted by Crippen LogP contribution is 2.24. The molecule has 0 amide bonds. The van der Waals surface area contributed by atoms with Crippen LogP contribution in [0.25, 0.3) is 5.69 Å². The van der Waals surface area contributed by atoms with Crippen LogP contribution in [-0.4, -0.2) is 32.3 Å². The molecule has 0 bridgehead atoms. The first-order chi connectivity index (χ1) is 12.3. The molecule has 0 atom stereocenters. The number of benzene rings is 1. The van der Waals surface area contributed by atoms with E-state index in [1.807, 2.05) is 0 Å². The fraction of sp³-hybridized carbons (Fsp3) is 0.0625. The van der Waals surface area contributed by atoms with E-state index in [4.69, 9.17) is 11.3 Å². The first-order valence-electron chi connectivity index (χ1n) is 7.29. The van der Waals surface area contributed by atoms with Gasteiger partial charge in [0, 0.05) is 19.2 Å². The monoisotopic (exact) mass is 356 g/mol. The van der Waals surface area contributed by atoms with Crippen LogP contribution in [0, 0.1) is 15.5 Å². The summed E-state index contributed by atoms with van der Waals surface area (Å²) in [6, 6.07) is 9.52. The van der Waals surface area contributed by atoms with Crippen LogP contribution in [0.4, 0.5) is 5.69 Å². The minimum absolute atomic E-state index is 0.0937. The number of hydrogen-bond acceptors (Lipinski definition) is 6. The largest absolute Gasteiger partial charge is 0.331 e. The Bertz CT molecular complexity index is 902. The number of nitro benzene ring substituents is 1. The molecule has 1 aromatic carbocycles. The third-order valence-electron chi connectivity index (χ3n) is 3.20. The van der Waals surface area contributed by atoms with Crippen molar-refractivity contribution in [3.8, 4) is 5.69 Å². The van der Waals surface area contributed by atoms with E-state index in [1.54, 1.807) is 41.1 Å². The van der Waals surface area contributed by atoms with Crippen LogP contribution in [0.3, 0.4) is 0 Å². The van der Waals surface area contributed by atoms with Crippen LogP contribution in [0.2, 0.25) is 0 Å². The lowest BCUT2D eigenvalue weighted by Crippen LogP contribution is -2.37. The van der Waals surface area contributed by atoms with Crippen molar-refractivity contribution in [2.75, 3.05) is 0 Å². The Hall–Kier alpha value is -3.79. The van der Waals surface area contributed by atoms with Crippen LogP contribution in [-0.2, 0) is 9.63 Å². The molecule has 0 aliphatic carbocycles. The van der Waals surface area contributed by atoms with Crippen molar-refractivity contribution in [3.05, 3.63) is 71.1 Å². The number of allylic oxidation sites excluding steroid dienone is 1. The second-order valence-electron chi connectivity index (χ2n) is 4.94. The highest BCUT2D eigenvalue weighted by Gasteiger charge is 2.18. The van der Waals surface area contributed by atoms with Gasteiger partial charge in [-0.2, -0.15) is 0 Å². The Balaban J connectivity index is 2.47. The van der Waals surface area contributed by atoms with Crippen molar-refractivity contribution in [1.82, 2.24) is 9.74 Å². The van der Waals surface area contributed by atoms with E-state index in [0.29, 0.717) is 16.6 Å². The highest BCUT2D eigenvalue weighted by atomic mass is 16.7. The Morgan fingerprint density at radius 1 is 1.42 bits per heavy atom. The van der Waals surface area contributed by atoms with Gasteiger partial charge >= 0.3 is 5.97 Å². The molecule has 0 spiro atoms. The summed E-state index contributed by atoms with van der Waals surface area (Å²) in [5.74, 6) is 4.15. The van der Waals surface area contributed by atoms with E-state index in [1.165, 1.54) is 12.1 Å². The number of guanidine groups is 1. The summed E-state index contributed by atoms with van der Waals surface area (Å²) in [5, 5.41) is 19.5. The average Bonchev–Trinajstić information content (AvgIpc) is 3.08. The van der Waals surface area contributed by atoms with E-state index < -0.39 is 16.9 Å². The van der Waals surface area contributed by atoms with Crippen LogP contribution in [0.5, 0.6) is 0 Å². The predicted octanol–water partition coefficient (Wildman–Crippen LogP) is 1.95. The van der Waals surface area contributed by atoms with Gasteiger partial charge in [0.1, 0.15) is 5.69 Å². The number of nitrogens with one attached hydrogen (secondary N) is 1. The Kier molecular flexibility index (Phi) is 5.60. The molecule has 0 unspecified atom stereocenters. The number of aromatic nitrogens is 1. The maximum Gasteiger partial charge on any atom is 0.331 e. The lowest BCUT2D eigenvalue weighted by molar-refractivity contribution is -0.384. The van der Waals surface area contributed by atoms with Gasteiger partial charge in [0.05, 0.1) is 16.3 Å². The van der Waals surface area contributed by atoms with Crippen molar-refractivity contribution in [2.45, 2.75) is 6.92 Å². The predicted molar refractivity (Wildman–Crippen MR) is 94.7 cm³/mol. The fourth-order valence-electron chi connectivity index (χ4n) is 2.17. The molecule has 10 nitrogen and oxygen atoms in total. The number of carbonyl (C=O) groups excluding carboxylic acids is 1. The standard InChI is InChI=1S/C16H16N6O4/c1-3-12(19-16(17)21(18)26-11(2)23)13-9-6-10-20(13)14-7-4-5-8-15(14)22(24)25/h3-10,17H,1,18H2,2H3/b17-16?,19-12+. The second kappa shape index (κ2) is 7.85. The van der Waals surface area contributed by atoms with Gasteiger partial charge in [0.25, 0.3) is 11.6 Å². The van der Waals surface area contributed by atoms with Crippen LogP contribution in [0.1, 0.15) is 12.6 Å². The molecular weight excluding hydrogens is 340 g/mol. The first kappa shape index (κ1) is 18.5. The third kappa shape index (κ3) is 3.99. The Labute approximate surface area is 148 Å². The van der Waals surface area contributed by atoms with E-state index in [0.717, 1.165) is 6.92 Å². The molecule has 0 saturated carbocycles. The van der Waals surface area contributed by atoms with Gasteiger partial charge in [0.2, 0.25) is 0 Å². The molecule has 0 saturated heterocycles. The Morgan fingerprint density at radius 2 is 2.12 bits per heavy atom. The number of nitrogens with two attached hydrogens (primary N) is 1. The van der Waals surface area contributed by atoms with Crippen molar-refractivity contribution in [2.24, 2.45) is 10.8 Å². The molecule has 0 radical (unpaired) electrons. The van der Waals surface area contributed by atoms with E-state index in [-0.39, 0.29) is 11.4 Å². The van der Waals surface area contributed by atoms with Gasteiger partial charge < -0.3 is 9.40 Å². The number of hydroxylamine groups is 1. The lowest BCUT2D eigenvalue weighted by Gasteiger charge is -2.14. The molecule has 0 fully saturated rings. The topological polar surface area (TPSA) is 140 Å². The van der Waals surface area contributed by atoms with Crippen molar-refractivity contribution in [1.29, 1.82) is 5.41 Å². The molecule has 0 aliphatic rings. The van der Waals surface area contributed by atoms with Crippen molar-refractivity contribution >= 4 is 23.3 Å². The van der Waals surface area contributed by atoms with Gasteiger partial charge in [-0.25, -0.2) is 15.6 Å². The number of para-hydroxylation sites is 2. The summed E-state index contributed by atoms with van der Waals surface area (Å²) in [6.07, 6.45) is 2.98. The van der Waals surface area contributed by atoms with Gasteiger partial charge in [-0.3, -0.25) is 15.5 Å². The minimum atomic E-state index is -0.712. The molecule has 10 heteroatoms. The number of carbonyl (C=O) groups is 1. The molecule has 1 heterocycles. The van der Waals surface area contributed by atoms with E-state index in [9.17, 15) is 14.9 Å². The summed E-state index contributed by atoms with van der Waals surface area (Å²) in [7, 11) is 0. The molecule has 134 valence electrons. The molecule has 0 aliphatic heterocycles. The summed E-state index contributed by atoms with van der Waals surface area (Å²) in [6.45, 7) is 4.77.